The normalized spacial score (nSPS) is 21.3. The highest BCUT2D eigenvalue weighted by Gasteiger charge is 2.32. The third-order valence-corrected chi connectivity index (χ3v) is 4.70. The molecule has 1 aromatic heterocycles. The highest BCUT2D eigenvalue weighted by molar-refractivity contribution is 5.69. The number of likely N-dealkylation sites (tertiary alicyclic amines) is 1. The maximum Gasteiger partial charge on any atom is 0.407 e. The van der Waals surface area contributed by atoms with Gasteiger partial charge in [-0.1, -0.05) is 24.3 Å². The second-order valence-corrected chi connectivity index (χ2v) is 6.14. The smallest absolute Gasteiger partial charge is 0.407 e. The molecule has 1 saturated heterocycles. The largest absolute Gasteiger partial charge is 0.465 e. The second kappa shape index (κ2) is 5.16. The summed E-state index contributed by atoms with van der Waals surface area (Å²) in [5.74, 6) is 0. The van der Waals surface area contributed by atoms with Crippen LogP contribution in [0.4, 0.5) is 4.79 Å². The second-order valence-electron chi connectivity index (χ2n) is 6.14. The fourth-order valence-electron chi connectivity index (χ4n) is 3.50. The van der Waals surface area contributed by atoms with E-state index in [1.807, 2.05) is 24.7 Å². The number of hydrogen-bond acceptors (Lipinski definition) is 2. The average molecular weight is 297 g/mol. The van der Waals surface area contributed by atoms with Crippen LogP contribution in [-0.2, 0) is 0 Å². The van der Waals surface area contributed by atoms with Gasteiger partial charge in [-0.05, 0) is 31.2 Å². The van der Waals surface area contributed by atoms with Gasteiger partial charge in [-0.15, -0.1) is 0 Å². The van der Waals surface area contributed by atoms with Gasteiger partial charge < -0.3 is 14.6 Å². The van der Waals surface area contributed by atoms with Crippen LogP contribution in [0.3, 0.4) is 0 Å². The van der Waals surface area contributed by atoms with E-state index in [-0.39, 0.29) is 6.04 Å². The highest BCUT2D eigenvalue weighted by atomic mass is 16.4. The summed E-state index contributed by atoms with van der Waals surface area (Å²) in [7, 11) is 0. The van der Waals surface area contributed by atoms with Crippen molar-refractivity contribution >= 4 is 6.09 Å². The molecule has 2 aromatic rings. The summed E-state index contributed by atoms with van der Waals surface area (Å²) in [6.45, 7) is 0.621. The molecule has 22 heavy (non-hydrogen) atoms. The van der Waals surface area contributed by atoms with Gasteiger partial charge in [0.1, 0.15) is 0 Å². The lowest BCUT2D eigenvalue weighted by Gasteiger charge is -2.24. The van der Waals surface area contributed by atoms with E-state index in [1.54, 1.807) is 4.90 Å². The Labute approximate surface area is 129 Å². The molecule has 1 atom stereocenters. The van der Waals surface area contributed by atoms with E-state index in [2.05, 4.69) is 21.7 Å². The molecule has 114 valence electrons. The standard InChI is InChI=1S/C17H19N3O2/c21-17(22)19-9-3-6-15(19)13-4-1-2-5-14(13)16-10-18-11-20(16)12-7-8-12/h1-2,4-5,10-12,15H,3,6-9H2,(H,21,22). The number of rotatable bonds is 3. The van der Waals surface area contributed by atoms with E-state index in [9.17, 15) is 9.90 Å². The van der Waals surface area contributed by atoms with Crippen LogP contribution in [0.25, 0.3) is 11.3 Å². The fourth-order valence-corrected chi connectivity index (χ4v) is 3.50. The highest BCUT2D eigenvalue weighted by Crippen LogP contribution is 2.41. The third kappa shape index (κ3) is 2.17. The maximum absolute atomic E-state index is 11.5. The summed E-state index contributed by atoms with van der Waals surface area (Å²) in [5.41, 5.74) is 3.32. The van der Waals surface area contributed by atoms with Crippen LogP contribution >= 0.6 is 0 Å². The molecule has 1 unspecified atom stereocenters. The minimum absolute atomic E-state index is 0.0451. The van der Waals surface area contributed by atoms with Gasteiger partial charge in [-0.25, -0.2) is 9.78 Å². The number of carboxylic acid groups (broad SMARTS) is 1. The van der Waals surface area contributed by atoms with Gasteiger partial charge in [0.25, 0.3) is 0 Å². The SMILES string of the molecule is O=C(O)N1CCCC1c1ccccc1-c1cncn1C1CC1. The molecular weight excluding hydrogens is 278 g/mol. The molecular formula is C17H19N3O2. The Bertz CT molecular complexity index is 705. The first-order valence-electron chi connectivity index (χ1n) is 7.86. The number of amides is 1. The molecule has 1 saturated carbocycles. The first-order valence-corrected chi connectivity index (χ1v) is 7.86. The number of aromatic nitrogens is 2. The zero-order chi connectivity index (χ0) is 15.1. The molecule has 2 heterocycles. The third-order valence-electron chi connectivity index (χ3n) is 4.70. The summed E-state index contributed by atoms with van der Waals surface area (Å²) in [6.07, 6.45) is 7.19. The molecule has 2 aliphatic rings. The van der Waals surface area contributed by atoms with Crippen molar-refractivity contribution in [2.24, 2.45) is 0 Å². The minimum Gasteiger partial charge on any atom is -0.465 e. The van der Waals surface area contributed by atoms with Crippen LogP contribution in [0.15, 0.2) is 36.8 Å². The van der Waals surface area contributed by atoms with Crippen LogP contribution in [-0.4, -0.2) is 32.2 Å². The summed E-state index contributed by atoms with van der Waals surface area (Å²) < 4.78 is 2.24. The van der Waals surface area contributed by atoms with Crippen molar-refractivity contribution in [3.63, 3.8) is 0 Å². The Hall–Kier alpha value is -2.30. The summed E-state index contributed by atoms with van der Waals surface area (Å²) in [6, 6.07) is 8.67. The van der Waals surface area contributed by atoms with Gasteiger partial charge >= 0.3 is 6.09 Å². The lowest BCUT2D eigenvalue weighted by atomic mass is 9.96. The quantitative estimate of drug-likeness (QED) is 0.939. The molecule has 1 aliphatic heterocycles. The molecule has 0 bridgehead atoms. The molecule has 5 heteroatoms. The van der Waals surface area contributed by atoms with Gasteiger partial charge in [0.2, 0.25) is 0 Å². The van der Waals surface area contributed by atoms with Crippen molar-refractivity contribution in [2.45, 2.75) is 37.8 Å². The Morgan fingerprint density at radius 3 is 2.82 bits per heavy atom. The van der Waals surface area contributed by atoms with Crippen LogP contribution in [0, 0.1) is 0 Å². The molecule has 4 rings (SSSR count). The van der Waals surface area contributed by atoms with Crippen molar-refractivity contribution in [2.75, 3.05) is 6.54 Å². The van der Waals surface area contributed by atoms with Crippen LogP contribution in [0.5, 0.6) is 0 Å². The lowest BCUT2D eigenvalue weighted by Crippen LogP contribution is -2.29. The average Bonchev–Trinajstić information content (AvgIpc) is 3.06. The zero-order valence-corrected chi connectivity index (χ0v) is 12.4. The number of carbonyl (C=O) groups is 1. The van der Waals surface area contributed by atoms with E-state index in [0.29, 0.717) is 12.6 Å². The predicted octanol–water partition coefficient (Wildman–Crippen LogP) is 3.70. The van der Waals surface area contributed by atoms with Gasteiger partial charge in [0, 0.05) is 18.2 Å². The topological polar surface area (TPSA) is 58.4 Å². The predicted molar refractivity (Wildman–Crippen MR) is 82.6 cm³/mol. The summed E-state index contributed by atoms with van der Waals surface area (Å²) in [5, 5.41) is 9.43. The molecule has 5 nitrogen and oxygen atoms in total. The van der Waals surface area contributed by atoms with Crippen molar-refractivity contribution in [1.82, 2.24) is 14.5 Å². The molecule has 1 N–H and O–H groups in total. The number of hydrogen-bond donors (Lipinski definition) is 1. The van der Waals surface area contributed by atoms with E-state index in [4.69, 9.17) is 0 Å². The van der Waals surface area contributed by atoms with E-state index in [1.165, 1.54) is 12.8 Å². The monoisotopic (exact) mass is 297 g/mol. The zero-order valence-electron chi connectivity index (χ0n) is 12.4. The van der Waals surface area contributed by atoms with Crippen LogP contribution in [0.1, 0.15) is 43.3 Å². The first kappa shape index (κ1) is 13.4. The van der Waals surface area contributed by atoms with Gasteiger partial charge in [0.05, 0.1) is 24.3 Å². The van der Waals surface area contributed by atoms with E-state index in [0.717, 1.165) is 29.7 Å². The molecule has 2 fully saturated rings. The van der Waals surface area contributed by atoms with Crippen molar-refractivity contribution in [3.05, 3.63) is 42.4 Å². The number of imidazole rings is 1. The first-order chi connectivity index (χ1) is 10.8. The Balaban J connectivity index is 1.78. The minimum atomic E-state index is -0.826. The molecule has 1 aromatic carbocycles. The fraction of sp³-hybridized carbons (Fsp3) is 0.412. The Morgan fingerprint density at radius 2 is 2.05 bits per heavy atom. The molecule has 0 radical (unpaired) electrons. The van der Waals surface area contributed by atoms with Crippen molar-refractivity contribution in [3.8, 4) is 11.3 Å². The molecule has 1 amide bonds. The number of benzene rings is 1. The molecule has 1 aliphatic carbocycles. The summed E-state index contributed by atoms with van der Waals surface area (Å²) >= 11 is 0. The summed E-state index contributed by atoms with van der Waals surface area (Å²) in [4.78, 5) is 17.4. The van der Waals surface area contributed by atoms with E-state index >= 15 is 0 Å². The Kier molecular flexibility index (Phi) is 3.13. The maximum atomic E-state index is 11.5. The lowest BCUT2D eigenvalue weighted by molar-refractivity contribution is 0.140. The van der Waals surface area contributed by atoms with E-state index < -0.39 is 6.09 Å². The van der Waals surface area contributed by atoms with Gasteiger partial charge in [0.15, 0.2) is 0 Å². The van der Waals surface area contributed by atoms with Gasteiger partial charge in [-0.3, -0.25) is 0 Å². The molecule has 0 spiro atoms. The van der Waals surface area contributed by atoms with Crippen molar-refractivity contribution < 1.29 is 9.90 Å². The van der Waals surface area contributed by atoms with Crippen molar-refractivity contribution in [1.29, 1.82) is 0 Å². The Morgan fingerprint density at radius 1 is 1.23 bits per heavy atom. The number of nitrogens with zero attached hydrogens (tertiary/aromatic N) is 3. The van der Waals surface area contributed by atoms with Gasteiger partial charge in [-0.2, -0.15) is 0 Å². The van der Waals surface area contributed by atoms with Crippen LogP contribution < -0.4 is 0 Å². The van der Waals surface area contributed by atoms with Crippen LogP contribution in [0.2, 0.25) is 0 Å².